The minimum atomic E-state index is -0.263. The minimum Gasteiger partial charge on any atom is -0.490 e. The number of aromatic nitrogens is 2. The normalized spacial score (nSPS) is 10.8. The molecule has 0 saturated carbocycles. The van der Waals surface area contributed by atoms with Gasteiger partial charge in [0.1, 0.15) is 5.82 Å². The number of hydrogen-bond acceptors (Lipinski definition) is 5. The van der Waals surface area contributed by atoms with Crippen LogP contribution in [0.4, 0.5) is 5.69 Å². The Hall–Kier alpha value is -4.13. The molecule has 1 heterocycles. The van der Waals surface area contributed by atoms with Gasteiger partial charge in [0.05, 0.1) is 29.8 Å². The van der Waals surface area contributed by atoms with Crippen LogP contribution < -0.4 is 20.3 Å². The van der Waals surface area contributed by atoms with E-state index in [4.69, 9.17) is 9.47 Å². The van der Waals surface area contributed by atoms with Gasteiger partial charge < -0.3 is 14.8 Å². The predicted octanol–water partition coefficient (Wildman–Crippen LogP) is 5.05. The molecule has 0 spiro atoms. The van der Waals surface area contributed by atoms with Gasteiger partial charge in [-0.3, -0.25) is 14.2 Å². The van der Waals surface area contributed by atoms with Crippen LogP contribution in [0.1, 0.15) is 35.6 Å². The molecule has 0 saturated heterocycles. The number of para-hydroxylation sites is 1. The van der Waals surface area contributed by atoms with Gasteiger partial charge in [-0.05, 0) is 81.8 Å². The summed E-state index contributed by atoms with van der Waals surface area (Å²) in [4.78, 5) is 30.6. The molecule has 7 heteroatoms. The maximum absolute atomic E-state index is 13.1. The van der Waals surface area contributed by atoms with Gasteiger partial charge in [-0.25, -0.2) is 4.98 Å². The van der Waals surface area contributed by atoms with Crippen molar-refractivity contribution < 1.29 is 14.3 Å². The summed E-state index contributed by atoms with van der Waals surface area (Å²) in [6, 6.07) is 17.9. The summed E-state index contributed by atoms with van der Waals surface area (Å²) in [6.45, 7) is 8.44. The monoisotopic (exact) mass is 457 g/mol. The van der Waals surface area contributed by atoms with E-state index in [2.05, 4.69) is 10.3 Å². The van der Waals surface area contributed by atoms with Gasteiger partial charge in [0, 0.05) is 11.3 Å². The molecule has 174 valence electrons. The molecule has 0 aliphatic heterocycles. The number of aryl methyl sites for hydroxylation is 2. The quantitative estimate of drug-likeness (QED) is 0.420. The highest BCUT2D eigenvalue weighted by Gasteiger charge is 2.14. The molecule has 0 atom stereocenters. The number of benzene rings is 3. The van der Waals surface area contributed by atoms with Crippen molar-refractivity contribution in [3.8, 4) is 17.2 Å². The molecule has 0 aliphatic rings. The van der Waals surface area contributed by atoms with Gasteiger partial charge >= 0.3 is 0 Å². The van der Waals surface area contributed by atoms with Crippen molar-refractivity contribution in [3.63, 3.8) is 0 Å². The van der Waals surface area contributed by atoms with Gasteiger partial charge in [0.25, 0.3) is 11.5 Å². The van der Waals surface area contributed by atoms with Crippen LogP contribution in [-0.2, 0) is 0 Å². The fourth-order valence-electron chi connectivity index (χ4n) is 3.86. The standard InChI is InChI=1S/C27H27N3O4/c1-5-33-24-14-11-19(16-25(24)34-6-2)26(31)29-22-13-12-20(15-17(22)3)30-18(4)28-23-10-8-7-9-21(23)27(30)32/h7-16H,5-6H2,1-4H3,(H,29,31). The highest BCUT2D eigenvalue weighted by Crippen LogP contribution is 2.29. The number of carbonyl (C=O) groups excluding carboxylic acids is 1. The van der Waals surface area contributed by atoms with Crippen LogP contribution in [0.5, 0.6) is 11.5 Å². The Labute approximate surface area is 198 Å². The number of fused-ring (bicyclic) bond motifs is 1. The first-order chi connectivity index (χ1) is 16.4. The zero-order chi connectivity index (χ0) is 24.2. The summed E-state index contributed by atoms with van der Waals surface area (Å²) < 4.78 is 12.8. The van der Waals surface area contributed by atoms with Crippen molar-refractivity contribution in [1.29, 1.82) is 0 Å². The Morgan fingerprint density at radius 2 is 1.68 bits per heavy atom. The van der Waals surface area contributed by atoms with E-state index in [1.54, 1.807) is 47.9 Å². The number of nitrogens with one attached hydrogen (secondary N) is 1. The summed E-state index contributed by atoms with van der Waals surface area (Å²) in [6.07, 6.45) is 0. The molecule has 1 amide bonds. The van der Waals surface area contributed by atoms with Crippen LogP contribution in [0.15, 0.2) is 65.5 Å². The molecule has 7 nitrogen and oxygen atoms in total. The maximum atomic E-state index is 13.1. The second kappa shape index (κ2) is 9.79. The van der Waals surface area contributed by atoms with Gasteiger partial charge in [-0.2, -0.15) is 0 Å². The van der Waals surface area contributed by atoms with Gasteiger partial charge in [0.2, 0.25) is 0 Å². The van der Waals surface area contributed by atoms with Gasteiger partial charge in [-0.15, -0.1) is 0 Å². The van der Waals surface area contributed by atoms with E-state index in [-0.39, 0.29) is 11.5 Å². The van der Waals surface area contributed by atoms with Crippen LogP contribution >= 0.6 is 0 Å². The third-order valence-electron chi connectivity index (χ3n) is 5.47. The Morgan fingerprint density at radius 3 is 2.41 bits per heavy atom. The highest BCUT2D eigenvalue weighted by atomic mass is 16.5. The van der Waals surface area contributed by atoms with Crippen molar-refractivity contribution in [2.75, 3.05) is 18.5 Å². The van der Waals surface area contributed by atoms with Crippen molar-refractivity contribution in [3.05, 3.63) is 88.0 Å². The third-order valence-corrected chi connectivity index (χ3v) is 5.47. The van der Waals surface area contributed by atoms with Crippen molar-refractivity contribution in [1.82, 2.24) is 9.55 Å². The Morgan fingerprint density at radius 1 is 0.941 bits per heavy atom. The fraction of sp³-hybridized carbons (Fsp3) is 0.222. The lowest BCUT2D eigenvalue weighted by Gasteiger charge is -2.15. The van der Waals surface area contributed by atoms with Crippen LogP contribution in [0, 0.1) is 13.8 Å². The fourth-order valence-corrected chi connectivity index (χ4v) is 3.86. The molecule has 3 aromatic carbocycles. The van der Waals surface area contributed by atoms with E-state index in [1.807, 2.05) is 45.0 Å². The van der Waals surface area contributed by atoms with E-state index in [0.717, 1.165) is 5.56 Å². The molecule has 0 radical (unpaired) electrons. The summed E-state index contributed by atoms with van der Waals surface area (Å²) in [7, 11) is 0. The molecule has 0 aliphatic carbocycles. The number of ether oxygens (including phenoxy) is 2. The molecule has 0 bridgehead atoms. The second-order valence-corrected chi connectivity index (χ2v) is 7.80. The molecular formula is C27H27N3O4. The molecule has 0 unspecified atom stereocenters. The molecular weight excluding hydrogens is 430 g/mol. The average molecular weight is 458 g/mol. The van der Waals surface area contributed by atoms with Gasteiger partial charge in [-0.1, -0.05) is 12.1 Å². The first kappa shape index (κ1) is 23.0. The smallest absolute Gasteiger partial charge is 0.265 e. The lowest BCUT2D eigenvalue weighted by Crippen LogP contribution is -2.22. The lowest BCUT2D eigenvalue weighted by molar-refractivity contribution is 0.102. The maximum Gasteiger partial charge on any atom is 0.265 e. The lowest BCUT2D eigenvalue weighted by atomic mass is 10.1. The number of rotatable bonds is 7. The van der Waals surface area contributed by atoms with Crippen LogP contribution in [0.2, 0.25) is 0 Å². The number of nitrogens with zero attached hydrogens (tertiary/aromatic N) is 2. The zero-order valence-electron chi connectivity index (χ0n) is 19.7. The van der Waals surface area contributed by atoms with Crippen molar-refractivity contribution >= 4 is 22.5 Å². The molecule has 1 N–H and O–H groups in total. The minimum absolute atomic E-state index is 0.128. The summed E-state index contributed by atoms with van der Waals surface area (Å²) >= 11 is 0. The van der Waals surface area contributed by atoms with Gasteiger partial charge in [0.15, 0.2) is 11.5 Å². The molecule has 4 rings (SSSR count). The van der Waals surface area contributed by atoms with E-state index in [1.165, 1.54) is 0 Å². The molecule has 4 aromatic rings. The SMILES string of the molecule is CCOc1ccc(C(=O)Nc2ccc(-n3c(C)nc4ccccc4c3=O)cc2C)cc1OCC. The number of amides is 1. The molecule has 34 heavy (non-hydrogen) atoms. The number of carbonyl (C=O) groups is 1. The van der Waals surface area contributed by atoms with E-state index in [9.17, 15) is 9.59 Å². The third kappa shape index (κ3) is 4.50. The highest BCUT2D eigenvalue weighted by molar-refractivity contribution is 6.05. The van der Waals surface area contributed by atoms with Crippen LogP contribution in [0.25, 0.3) is 16.6 Å². The number of anilines is 1. The largest absolute Gasteiger partial charge is 0.490 e. The van der Waals surface area contributed by atoms with Crippen molar-refractivity contribution in [2.45, 2.75) is 27.7 Å². The average Bonchev–Trinajstić information content (AvgIpc) is 2.82. The van der Waals surface area contributed by atoms with Crippen molar-refractivity contribution in [2.24, 2.45) is 0 Å². The molecule has 0 fully saturated rings. The summed E-state index contributed by atoms with van der Waals surface area (Å²) in [5, 5.41) is 3.51. The Bertz CT molecular complexity index is 1430. The predicted molar refractivity (Wildman–Crippen MR) is 134 cm³/mol. The first-order valence-corrected chi connectivity index (χ1v) is 11.2. The van der Waals surface area contributed by atoms with E-state index >= 15 is 0 Å². The summed E-state index contributed by atoms with van der Waals surface area (Å²) in [5.74, 6) is 1.47. The topological polar surface area (TPSA) is 82.5 Å². The van der Waals surface area contributed by atoms with E-state index < -0.39 is 0 Å². The Balaban J connectivity index is 1.63. The Kier molecular flexibility index (Phi) is 6.63. The van der Waals surface area contributed by atoms with Crippen LogP contribution in [-0.4, -0.2) is 28.7 Å². The van der Waals surface area contributed by atoms with E-state index in [0.29, 0.717) is 58.4 Å². The number of hydrogen-bond donors (Lipinski definition) is 1. The summed E-state index contributed by atoms with van der Waals surface area (Å²) in [5.41, 5.74) is 3.17. The first-order valence-electron chi connectivity index (χ1n) is 11.2. The second-order valence-electron chi connectivity index (χ2n) is 7.80. The molecule has 1 aromatic heterocycles. The zero-order valence-corrected chi connectivity index (χ0v) is 19.7. The van der Waals surface area contributed by atoms with Crippen LogP contribution in [0.3, 0.4) is 0 Å².